The Labute approximate surface area is 159 Å². The summed E-state index contributed by atoms with van der Waals surface area (Å²) in [6.07, 6.45) is 0. The van der Waals surface area contributed by atoms with Crippen LogP contribution in [-0.4, -0.2) is 10.9 Å². The van der Waals surface area contributed by atoms with Crippen LogP contribution in [0.25, 0.3) is 22.6 Å². The minimum absolute atomic E-state index is 0.226. The zero-order valence-corrected chi connectivity index (χ0v) is 14.9. The van der Waals surface area contributed by atoms with Gasteiger partial charge < -0.3 is 9.73 Å². The molecule has 1 amide bonds. The Kier molecular flexibility index (Phi) is 4.37. The molecule has 6 heteroatoms. The molecule has 0 aliphatic rings. The lowest BCUT2D eigenvalue weighted by molar-refractivity contribution is 0.102. The lowest BCUT2D eigenvalue weighted by atomic mass is 10.2. The second kappa shape index (κ2) is 6.83. The van der Waals surface area contributed by atoms with Gasteiger partial charge in [0.05, 0.1) is 0 Å². The fourth-order valence-electron chi connectivity index (χ4n) is 2.55. The fraction of sp³-hybridized carbons (Fsp3) is 0. The highest BCUT2D eigenvalue weighted by atomic mass is 35.5. The van der Waals surface area contributed by atoms with E-state index >= 15 is 0 Å². The van der Waals surface area contributed by atoms with Crippen LogP contribution >= 0.6 is 23.2 Å². The summed E-state index contributed by atoms with van der Waals surface area (Å²) in [7, 11) is 0. The van der Waals surface area contributed by atoms with Gasteiger partial charge in [0.25, 0.3) is 5.91 Å². The minimum Gasteiger partial charge on any atom is -0.436 e. The molecular weight excluding hydrogens is 371 g/mol. The number of anilines is 1. The largest absolute Gasteiger partial charge is 0.436 e. The molecule has 0 atom stereocenters. The molecule has 0 fully saturated rings. The van der Waals surface area contributed by atoms with Gasteiger partial charge in [-0.3, -0.25) is 4.79 Å². The first kappa shape index (κ1) is 16.6. The predicted molar refractivity (Wildman–Crippen MR) is 104 cm³/mol. The van der Waals surface area contributed by atoms with Crippen molar-refractivity contribution in [2.24, 2.45) is 0 Å². The van der Waals surface area contributed by atoms with E-state index in [-0.39, 0.29) is 5.91 Å². The van der Waals surface area contributed by atoms with Crippen LogP contribution in [0.1, 0.15) is 10.4 Å². The fourth-order valence-corrected chi connectivity index (χ4v) is 2.87. The SMILES string of the molecule is O=C(Nc1ccc2nc(-c3cccc(Cl)c3)oc2c1)c1ccc(Cl)cc1. The van der Waals surface area contributed by atoms with Gasteiger partial charge in [-0.25, -0.2) is 4.98 Å². The standard InChI is InChI=1S/C20H12Cl2N2O2/c21-14-6-4-12(5-7-14)19(25)23-16-8-9-17-18(11-16)26-20(24-17)13-2-1-3-15(22)10-13/h1-11H,(H,23,25). The maximum atomic E-state index is 12.3. The molecule has 4 aromatic rings. The third kappa shape index (κ3) is 3.43. The molecule has 4 rings (SSSR count). The van der Waals surface area contributed by atoms with Crippen LogP contribution in [0, 0.1) is 0 Å². The van der Waals surface area contributed by atoms with E-state index in [9.17, 15) is 4.79 Å². The Balaban J connectivity index is 1.61. The molecule has 1 heterocycles. The number of carbonyl (C=O) groups is 1. The minimum atomic E-state index is -0.226. The number of nitrogens with zero attached hydrogens (tertiary/aromatic N) is 1. The number of amides is 1. The number of benzene rings is 3. The maximum absolute atomic E-state index is 12.3. The third-order valence-corrected chi connectivity index (χ3v) is 4.31. The average molecular weight is 383 g/mol. The molecule has 0 aliphatic heterocycles. The van der Waals surface area contributed by atoms with Gasteiger partial charge in [-0.05, 0) is 54.6 Å². The normalized spacial score (nSPS) is 10.8. The second-order valence-corrected chi connectivity index (χ2v) is 6.55. The Morgan fingerprint density at radius 3 is 2.50 bits per heavy atom. The van der Waals surface area contributed by atoms with E-state index in [1.165, 1.54) is 0 Å². The van der Waals surface area contributed by atoms with Crippen LogP contribution < -0.4 is 5.32 Å². The van der Waals surface area contributed by atoms with Crippen molar-refractivity contribution in [1.29, 1.82) is 0 Å². The van der Waals surface area contributed by atoms with Crippen LogP contribution in [-0.2, 0) is 0 Å². The highest BCUT2D eigenvalue weighted by molar-refractivity contribution is 6.31. The third-order valence-electron chi connectivity index (χ3n) is 3.82. The van der Waals surface area contributed by atoms with Crippen LogP contribution in [0.5, 0.6) is 0 Å². The quantitative estimate of drug-likeness (QED) is 0.468. The number of nitrogens with one attached hydrogen (secondary N) is 1. The molecule has 1 N–H and O–H groups in total. The first-order chi connectivity index (χ1) is 12.6. The number of hydrogen-bond donors (Lipinski definition) is 1. The molecule has 0 saturated heterocycles. The molecule has 4 nitrogen and oxygen atoms in total. The van der Waals surface area contributed by atoms with Crippen molar-refractivity contribution in [3.8, 4) is 11.5 Å². The molecule has 0 unspecified atom stereocenters. The number of fused-ring (bicyclic) bond motifs is 1. The van der Waals surface area contributed by atoms with Crippen molar-refractivity contribution in [2.75, 3.05) is 5.32 Å². The van der Waals surface area contributed by atoms with E-state index in [4.69, 9.17) is 27.6 Å². The summed E-state index contributed by atoms with van der Waals surface area (Å²) in [4.78, 5) is 16.8. The first-order valence-corrected chi connectivity index (χ1v) is 8.57. The van der Waals surface area contributed by atoms with Crippen molar-refractivity contribution in [3.05, 3.63) is 82.3 Å². The van der Waals surface area contributed by atoms with Crippen molar-refractivity contribution < 1.29 is 9.21 Å². The number of rotatable bonds is 3. The number of oxazole rings is 1. The van der Waals surface area contributed by atoms with Crippen LogP contribution in [0.4, 0.5) is 5.69 Å². The Morgan fingerprint density at radius 2 is 1.73 bits per heavy atom. The second-order valence-electron chi connectivity index (χ2n) is 5.67. The summed E-state index contributed by atoms with van der Waals surface area (Å²) in [6.45, 7) is 0. The molecule has 26 heavy (non-hydrogen) atoms. The number of halogens is 2. The Hall–Kier alpha value is -2.82. The van der Waals surface area contributed by atoms with E-state index < -0.39 is 0 Å². The number of hydrogen-bond acceptors (Lipinski definition) is 3. The summed E-state index contributed by atoms with van der Waals surface area (Å²) in [5.74, 6) is 0.249. The summed E-state index contributed by atoms with van der Waals surface area (Å²) in [6, 6.07) is 19.3. The van der Waals surface area contributed by atoms with Crippen molar-refractivity contribution in [3.63, 3.8) is 0 Å². The summed E-state index contributed by atoms with van der Waals surface area (Å²) < 4.78 is 5.81. The molecule has 0 bridgehead atoms. The smallest absolute Gasteiger partial charge is 0.255 e. The van der Waals surface area contributed by atoms with Crippen molar-refractivity contribution in [1.82, 2.24) is 4.98 Å². The van der Waals surface area contributed by atoms with Crippen molar-refractivity contribution >= 4 is 45.9 Å². The van der Waals surface area contributed by atoms with Gasteiger partial charge in [0.1, 0.15) is 5.52 Å². The molecule has 0 spiro atoms. The van der Waals surface area contributed by atoms with E-state index in [2.05, 4.69) is 10.3 Å². The highest BCUT2D eigenvalue weighted by Crippen LogP contribution is 2.28. The summed E-state index contributed by atoms with van der Waals surface area (Å²) in [5.41, 5.74) is 3.21. The van der Waals surface area contributed by atoms with Gasteiger partial charge in [-0.1, -0.05) is 29.3 Å². The average Bonchev–Trinajstić information content (AvgIpc) is 3.05. The van der Waals surface area contributed by atoms with Gasteiger partial charge >= 0.3 is 0 Å². The Bertz CT molecular complexity index is 1100. The predicted octanol–water partition coefficient (Wildman–Crippen LogP) is 6.05. The van der Waals surface area contributed by atoms with Crippen LogP contribution in [0.3, 0.4) is 0 Å². The molecule has 3 aromatic carbocycles. The molecular formula is C20H12Cl2N2O2. The summed E-state index contributed by atoms with van der Waals surface area (Å²) in [5, 5.41) is 4.03. The molecule has 128 valence electrons. The van der Waals surface area contributed by atoms with Gasteiger partial charge in [0.15, 0.2) is 5.58 Å². The zero-order chi connectivity index (χ0) is 18.1. The number of carbonyl (C=O) groups excluding carboxylic acids is 1. The molecule has 0 saturated carbocycles. The Morgan fingerprint density at radius 1 is 0.923 bits per heavy atom. The van der Waals surface area contributed by atoms with E-state index in [1.54, 1.807) is 54.6 Å². The monoisotopic (exact) mass is 382 g/mol. The van der Waals surface area contributed by atoms with E-state index in [0.717, 1.165) is 5.56 Å². The molecule has 0 radical (unpaired) electrons. The number of aromatic nitrogens is 1. The maximum Gasteiger partial charge on any atom is 0.255 e. The summed E-state index contributed by atoms with van der Waals surface area (Å²) >= 11 is 11.9. The van der Waals surface area contributed by atoms with Gasteiger partial charge in [0, 0.05) is 32.9 Å². The van der Waals surface area contributed by atoms with Gasteiger partial charge in [-0.15, -0.1) is 0 Å². The lowest BCUT2D eigenvalue weighted by Crippen LogP contribution is -2.11. The van der Waals surface area contributed by atoms with Gasteiger partial charge in [-0.2, -0.15) is 0 Å². The highest BCUT2D eigenvalue weighted by Gasteiger charge is 2.11. The van der Waals surface area contributed by atoms with Gasteiger partial charge in [0.2, 0.25) is 5.89 Å². The molecule has 0 aliphatic carbocycles. The first-order valence-electron chi connectivity index (χ1n) is 7.82. The zero-order valence-electron chi connectivity index (χ0n) is 13.4. The van der Waals surface area contributed by atoms with E-state index in [1.807, 2.05) is 12.1 Å². The van der Waals surface area contributed by atoms with Crippen molar-refractivity contribution in [2.45, 2.75) is 0 Å². The van der Waals surface area contributed by atoms with Crippen LogP contribution in [0.15, 0.2) is 71.1 Å². The van der Waals surface area contributed by atoms with Crippen LogP contribution in [0.2, 0.25) is 10.0 Å². The topological polar surface area (TPSA) is 55.1 Å². The lowest BCUT2D eigenvalue weighted by Gasteiger charge is -2.05. The molecule has 1 aromatic heterocycles. The van der Waals surface area contributed by atoms with E-state index in [0.29, 0.717) is 38.3 Å².